The molecule has 0 unspecified atom stereocenters. The van der Waals surface area contributed by atoms with Crippen LogP contribution in [0.15, 0.2) is 186 Å². The Kier molecular flexibility index (Phi) is 7.74. The molecule has 1 aromatic heterocycles. The van der Waals surface area contributed by atoms with Crippen molar-refractivity contribution in [3.8, 4) is 33.4 Å². The Balaban J connectivity index is 1.25. The Morgan fingerprint density at radius 2 is 0.923 bits per heavy atom. The van der Waals surface area contributed by atoms with E-state index in [1.165, 1.54) is 49.8 Å². The minimum absolute atomic E-state index is 0.125. The summed E-state index contributed by atoms with van der Waals surface area (Å²) in [5.41, 5.74) is 13.5. The van der Waals surface area contributed by atoms with Crippen LogP contribution in [-0.4, -0.2) is 0 Å². The number of benzene rings is 8. The molecular formula is C50H39NO. The van der Waals surface area contributed by atoms with Crippen molar-refractivity contribution >= 4 is 49.8 Å². The van der Waals surface area contributed by atoms with Crippen molar-refractivity contribution in [2.45, 2.75) is 26.2 Å². The van der Waals surface area contributed by atoms with Crippen LogP contribution in [0.4, 0.5) is 17.1 Å². The summed E-state index contributed by atoms with van der Waals surface area (Å²) < 4.78 is 6.32. The molecule has 250 valence electrons. The highest BCUT2D eigenvalue weighted by Gasteiger charge is 2.26. The maximum absolute atomic E-state index is 6.32. The van der Waals surface area contributed by atoms with Crippen LogP contribution in [0.5, 0.6) is 0 Å². The SMILES string of the molecule is CC(C)(C)c1cc(-c2ccccc2)ccc1N(c1ccc(-c2ccccc2)cc1)c1ccc(-c2ccc3c(c2)oc2ccccc23)c2ccccc12. The highest BCUT2D eigenvalue weighted by atomic mass is 16.3. The third-order valence-electron chi connectivity index (χ3n) is 10.2. The molecule has 0 atom stereocenters. The lowest BCUT2D eigenvalue weighted by Crippen LogP contribution is -2.19. The highest BCUT2D eigenvalue weighted by Crippen LogP contribution is 2.47. The van der Waals surface area contributed by atoms with E-state index in [-0.39, 0.29) is 5.41 Å². The average molecular weight is 670 g/mol. The van der Waals surface area contributed by atoms with Gasteiger partial charge in [-0.1, -0.05) is 154 Å². The number of hydrogen-bond acceptors (Lipinski definition) is 2. The lowest BCUT2D eigenvalue weighted by Gasteiger charge is -2.33. The van der Waals surface area contributed by atoms with Crippen LogP contribution < -0.4 is 4.90 Å². The highest BCUT2D eigenvalue weighted by molar-refractivity contribution is 6.09. The molecule has 0 aliphatic rings. The van der Waals surface area contributed by atoms with E-state index in [0.29, 0.717) is 0 Å². The van der Waals surface area contributed by atoms with Gasteiger partial charge < -0.3 is 9.32 Å². The summed E-state index contributed by atoms with van der Waals surface area (Å²) in [6, 6.07) is 65.5. The van der Waals surface area contributed by atoms with Gasteiger partial charge in [0.25, 0.3) is 0 Å². The monoisotopic (exact) mass is 669 g/mol. The van der Waals surface area contributed by atoms with Gasteiger partial charge in [-0.3, -0.25) is 0 Å². The van der Waals surface area contributed by atoms with Gasteiger partial charge in [-0.15, -0.1) is 0 Å². The molecule has 0 spiro atoms. The predicted octanol–water partition coefficient (Wildman–Crippen LogP) is 14.5. The second-order valence-corrected chi connectivity index (χ2v) is 14.6. The molecule has 2 nitrogen and oxygen atoms in total. The Morgan fingerprint density at radius 3 is 1.63 bits per heavy atom. The molecule has 0 aliphatic carbocycles. The Bertz CT molecular complexity index is 2700. The molecule has 0 fully saturated rings. The fourth-order valence-electron chi connectivity index (χ4n) is 7.61. The van der Waals surface area contributed by atoms with Crippen LogP contribution in [0.25, 0.3) is 66.1 Å². The molecular weight excluding hydrogens is 631 g/mol. The molecule has 0 radical (unpaired) electrons. The molecule has 52 heavy (non-hydrogen) atoms. The van der Waals surface area contributed by atoms with Crippen molar-refractivity contribution in [1.29, 1.82) is 0 Å². The first-order valence-electron chi connectivity index (χ1n) is 18.0. The lowest BCUT2D eigenvalue weighted by molar-refractivity contribution is 0.591. The van der Waals surface area contributed by atoms with Crippen LogP contribution in [0.2, 0.25) is 0 Å². The number of furan rings is 1. The number of fused-ring (bicyclic) bond motifs is 4. The van der Waals surface area contributed by atoms with Gasteiger partial charge in [-0.2, -0.15) is 0 Å². The first-order valence-corrected chi connectivity index (χ1v) is 18.0. The Hall–Kier alpha value is -6.38. The second kappa shape index (κ2) is 12.7. The second-order valence-electron chi connectivity index (χ2n) is 14.6. The third kappa shape index (κ3) is 5.63. The lowest BCUT2D eigenvalue weighted by atomic mass is 9.83. The van der Waals surface area contributed by atoms with E-state index in [0.717, 1.165) is 38.9 Å². The zero-order valence-corrected chi connectivity index (χ0v) is 29.7. The molecule has 1 heterocycles. The largest absolute Gasteiger partial charge is 0.456 e. The fraction of sp³-hybridized carbons (Fsp3) is 0.0800. The van der Waals surface area contributed by atoms with Crippen molar-refractivity contribution in [2.24, 2.45) is 0 Å². The van der Waals surface area contributed by atoms with Crippen molar-refractivity contribution in [3.63, 3.8) is 0 Å². The summed E-state index contributed by atoms with van der Waals surface area (Å²) in [6.07, 6.45) is 0. The number of para-hydroxylation sites is 1. The van der Waals surface area contributed by atoms with Crippen molar-refractivity contribution in [1.82, 2.24) is 0 Å². The molecule has 9 rings (SSSR count). The minimum Gasteiger partial charge on any atom is -0.456 e. The van der Waals surface area contributed by atoms with E-state index in [9.17, 15) is 0 Å². The van der Waals surface area contributed by atoms with Crippen molar-refractivity contribution in [2.75, 3.05) is 4.90 Å². The zero-order chi connectivity index (χ0) is 35.2. The Morgan fingerprint density at radius 1 is 0.385 bits per heavy atom. The van der Waals surface area contributed by atoms with Crippen LogP contribution in [-0.2, 0) is 5.41 Å². The first kappa shape index (κ1) is 31.6. The van der Waals surface area contributed by atoms with Gasteiger partial charge in [0.15, 0.2) is 0 Å². The molecule has 0 bridgehead atoms. The van der Waals surface area contributed by atoms with E-state index in [2.05, 4.69) is 196 Å². The number of rotatable bonds is 6. The van der Waals surface area contributed by atoms with Gasteiger partial charge in [0.05, 0.1) is 5.69 Å². The van der Waals surface area contributed by atoms with Gasteiger partial charge in [-0.05, 0) is 98.3 Å². The smallest absolute Gasteiger partial charge is 0.136 e. The van der Waals surface area contributed by atoms with Crippen LogP contribution in [0.3, 0.4) is 0 Å². The van der Waals surface area contributed by atoms with E-state index < -0.39 is 0 Å². The van der Waals surface area contributed by atoms with Crippen LogP contribution in [0.1, 0.15) is 26.3 Å². The van der Waals surface area contributed by atoms with Gasteiger partial charge in [0.2, 0.25) is 0 Å². The quantitative estimate of drug-likeness (QED) is 0.175. The third-order valence-corrected chi connectivity index (χ3v) is 10.2. The molecule has 0 aliphatic heterocycles. The standard InChI is InChI=1S/C50H39NO/c1-50(2,3)45-32-37(35-16-8-5-9-17-35)25-30-47(45)51(39-26-22-36(23-27-39)34-14-6-4-7-15-34)46-31-29-40(41-18-10-11-19-42(41)46)38-24-28-44-43-20-12-13-21-48(43)52-49(44)33-38/h4-33H,1-3H3. The predicted molar refractivity (Wildman–Crippen MR) is 221 cm³/mol. The van der Waals surface area contributed by atoms with Crippen LogP contribution >= 0.6 is 0 Å². The summed E-state index contributed by atoms with van der Waals surface area (Å²) in [5.74, 6) is 0. The summed E-state index contributed by atoms with van der Waals surface area (Å²) >= 11 is 0. The summed E-state index contributed by atoms with van der Waals surface area (Å²) in [6.45, 7) is 6.94. The molecule has 0 saturated carbocycles. The molecule has 0 saturated heterocycles. The molecule has 0 N–H and O–H groups in total. The van der Waals surface area contributed by atoms with Crippen LogP contribution in [0, 0.1) is 0 Å². The van der Waals surface area contributed by atoms with E-state index in [1.54, 1.807) is 0 Å². The van der Waals surface area contributed by atoms with Gasteiger partial charge >= 0.3 is 0 Å². The summed E-state index contributed by atoms with van der Waals surface area (Å²) in [4.78, 5) is 2.46. The first-order chi connectivity index (χ1) is 25.4. The summed E-state index contributed by atoms with van der Waals surface area (Å²) in [5, 5.41) is 4.66. The number of nitrogens with zero attached hydrogens (tertiary/aromatic N) is 1. The van der Waals surface area contributed by atoms with E-state index in [4.69, 9.17) is 4.42 Å². The average Bonchev–Trinajstić information content (AvgIpc) is 3.57. The van der Waals surface area contributed by atoms with Gasteiger partial charge in [0.1, 0.15) is 11.2 Å². The zero-order valence-electron chi connectivity index (χ0n) is 29.7. The topological polar surface area (TPSA) is 16.4 Å². The molecule has 2 heteroatoms. The summed E-state index contributed by atoms with van der Waals surface area (Å²) in [7, 11) is 0. The maximum atomic E-state index is 6.32. The van der Waals surface area contributed by atoms with E-state index in [1.807, 2.05) is 12.1 Å². The number of anilines is 3. The normalized spacial score (nSPS) is 11.8. The minimum atomic E-state index is -0.125. The molecule has 8 aromatic carbocycles. The fourth-order valence-corrected chi connectivity index (χ4v) is 7.61. The molecule has 9 aromatic rings. The maximum Gasteiger partial charge on any atom is 0.136 e. The van der Waals surface area contributed by atoms with E-state index >= 15 is 0 Å². The van der Waals surface area contributed by atoms with Gasteiger partial charge in [-0.25, -0.2) is 0 Å². The molecule has 0 amide bonds. The van der Waals surface area contributed by atoms with Gasteiger partial charge in [0, 0.05) is 27.5 Å². The number of hydrogen-bond donors (Lipinski definition) is 0. The van der Waals surface area contributed by atoms with Crippen molar-refractivity contribution in [3.05, 3.63) is 188 Å². The Labute approximate surface area is 305 Å². The van der Waals surface area contributed by atoms with Crippen molar-refractivity contribution < 1.29 is 4.42 Å².